The minimum Gasteiger partial charge on any atom is -0.778 e. The quantitative estimate of drug-likeness (QED) is 0.230. The monoisotopic (exact) mass is 576 g/mol. The summed E-state index contributed by atoms with van der Waals surface area (Å²) >= 11 is 0. The first-order valence-electron chi connectivity index (χ1n) is 12.4. The summed E-state index contributed by atoms with van der Waals surface area (Å²) in [5.74, 6) is -1.01. The third-order valence-electron chi connectivity index (χ3n) is 6.14. The largest absolute Gasteiger partial charge is 0.778 e. The minimum atomic E-state index is -4.44. The number of carboxylic acids is 1. The average Bonchev–Trinajstić information content (AvgIpc) is 3.62. The Balaban J connectivity index is 1.39. The zero-order valence-electron chi connectivity index (χ0n) is 21.2. The van der Waals surface area contributed by atoms with E-state index in [4.69, 9.17) is 23.8 Å². The zero-order chi connectivity index (χ0) is 28.3. The summed E-state index contributed by atoms with van der Waals surface area (Å²) in [6.07, 6.45) is -1.85. The molecule has 3 aromatic rings. The van der Waals surface area contributed by atoms with E-state index >= 15 is 0 Å². The van der Waals surface area contributed by atoms with Crippen molar-refractivity contribution in [2.45, 2.75) is 37.8 Å². The van der Waals surface area contributed by atoms with Gasteiger partial charge in [0.15, 0.2) is 29.5 Å². The van der Waals surface area contributed by atoms with Crippen molar-refractivity contribution in [3.05, 3.63) is 48.5 Å². The van der Waals surface area contributed by atoms with Crippen LogP contribution in [-0.4, -0.2) is 80.9 Å². The normalized spacial score (nSPS) is 25.4. The molecule has 2 aromatic heterocycles. The summed E-state index contributed by atoms with van der Waals surface area (Å²) in [4.78, 5) is 47.9. The van der Waals surface area contributed by atoms with E-state index in [9.17, 15) is 19.0 Å². The number of hydrogen-bond acceptors (Lipinski definition) is 12. The number of aliphatic carboxylic acids is 1. The van der Waals surface area contributed by atoms with Crippen molar-refractivity contribution in [3.63, 3.8) is 0 Å². The van der Waals surface area contributed by atoms with Crippen LogP contribution in [0.3, 0.4) is 0 Å². The molecular formula is C23H27N7O9P-. The number of urea groups is 1. The van der Waals surface area contributed by atoms with Gasteiger partial charge in [0.1, 0.15) is 32.2 Å². The van der Waals surface area contributed by atoms with Crippen LogP contribution in [0.1, 0.15) is 25.0 Å². The summed E-state index contributed by atoms with van der Waals surface area (Å²) in [5.41, 5.74) is 1.40. The van der Waals surface area contributed by atoms with Crippen LogP contribution >= 0.6 is 7.60 Å². The number of hydrogen-bond donors (Lipinski definition) is 4. The van der Waals surface area contributed by atoms with Gasteiger partial charge in [-0.2, -0.15) is 0 Å². The van der Waals surface area contributed by atoms with Crippen molar-refractivity contribution in [1.82, 2.24) is 30.2 Å². The van der Waals surface area contributed by atoms with Gasteiger partial charge >= 0.3 is 12.0 Å². The van der Waals surface area contributed by atoms with Crippen molar-refractivity contribution in [1.29, 1.82) is 0 Å². The molecule has 2 aliphatic rings. The van der Waals surface area contributed by atoms with Gasteiger partial charge in [-0.05, 0) is 6.92 Å². The fourth-order valence-electron chi connectivity index (χ4n) is 4.43. The van der Waals surface area contributed by atoms with Crippen LogP contribution in [-0.2, 0) is 28.1 Å². The smallest absolute Gasteiger partial charge is 0.320 e. The van der Waals surface area contributed by atoms with Gasteiger partial charge < -0.3 is 38.6 Å². The highest BCUT2D eigenvalue weighted by Crippen LogP contribution is 2.46. The van der Waals surface area contributed by atoms with Gasteiger partial charge in [0.25, 0.3) is 0 Å². The molecule has 40 heavy (non-hydrogen) atoms. The number of rotatable bonds is 11. The Kier molecular flexibility index (Phi) is 8.37. The zero-order valence-corrected chi connectivity index (χ0v) is 22.1. The number of benzene rings is 1. The Hall–Kier alpha value is -3.50. The third kappa shape index (κ3) is 6.13. The van der Waals surface area contributed by atoms with E-state index in [0.717, 1.165) is 5.56 Å². The average molecular weight is 576 g/mol. The molecule has 2 fully saturated rings. The maximum atomic E-state index is 12.4. The van der Waals surface area contributed by atoms with Gasteiger partial charge in [-0.3, -0.25) is 20.0 Å². The lowest BCUT2D eigenvalue weighted by molar-refractivity contribution is -0.204. The van der Waals surface area contributed by atoms with Gasteiger partial charge in [0.05, 0.1) is 25.8 Å². The topological polar surface area (TPSA) is 211 Å². The lowest BCUT2D eigenvalue weighted by Gasteiger charge is -2.26. The molecule has 2 amide bonds. The second-order valence-corrected chi connectivity index (χ2v) is 10.7. The van der Waals surface area contributed by atoms with Crippen LogP contribution < -0.4 is 20.8 Å². The Labute approximate surface area is 227 Å². The first-order chi connectivity index (χ1) is 19.3. The third-order valence-corrected chi connectivity index (χ3v) is 7.29. The van der Waals surface area contributed by atoms with E-state index in [1.165, 1.54) is 12.7 Å². The Bertz CT molecular complexity index is 1410. The second-order valence-electron chi connectivity index (χ2n) is 8.93. The fraction of sp³-hybridized carbons (Fsp3) is 0.435. The van der Waals surface area contributed by atoms with Crippen molar-refractivity contribution in [2.75, 3.05) is 31.3 Å². The first-order valence-corrected chi connectivity index (χ1v) is 14.1. The summed E-state index contributed by atoms with van der Waals surface area (Å²) in [6.45, 7) is 1.26. The first kappa shape index (κ1) is 28.0. The predicted molar refractivity (Wildman–Crippen MR) is 135 cm³/mol. The minimum absolute atomic E-state index is 0.191. The van der Waals surface area contributed by atoms with E-state index < -0.39 is 69.9 Å². The van der Waals surface area contributed by atoms with Crippen LogP contribution in [0.2, 0.25) is 0 Å². The number of ether oxygens (including phenoxy) is 3. The molecule has 17 heteroatoms. The molecule has 2 saturated heterocycles. The molecule has 0 radical (unpaired) electrons. The van der Waals surface area contributed by atoms with Crippen molar-refractivity contribution >= 4 is 36.6 Å². The molecule has 0 spiro atoms. The number of nitrogens with one attached hydrogen (secondary N) is 3. The van der Waals surface area contributed by atoms with Gasteiger partial charge in [0.2, 0.25) is 0 Å². The van der Waals surface area contributed by atoms with Crippen LogP contribution in [0, 0.1) is 0 Å². The van der Waals surface area contributed by atoms with Crippen LogP contribution in [0.5, 0.6) is 0 Å². The number of carboxylic acid groups (broad SMARTS) is 1. The molecule has 5 rings (SSSR count). The fourth-order valence-corrected chi connectivity index (χ4v) is 5.29. The van der Waals surface area contributed by atoms with Gasteiger partial charge in [0, 0.05) is 12.1 Å². The standard InChI is InChI=1S/C23H28N7O9P/c1-2-25-23(33)29-19-16-20(27-10-26-19)30(11-28-16)21-18-17(38-22(39-18)13-6-4-3-5-7-13)14(37-21)9-36-40(34,35)12-24-8-15(31)32/h3-7,10-11,14,17-18,21-22,24H,2,8-9,12H2,1H3,(H,31,32)(H,34,35)(H2,25,26,27,29,33)/p-1/t14-,17?,18+,21-,22+/m1/s1. The number of fused-ring (bicyclic) bond motifs is 2. The molecule has 2 aliphatic heterocycles. The van der Waals surface area contributed by atoms with E-state index in [1.54, 1.807) is 11.5 Å². The summed E-state index contributed by atoms with van der Waals surface area (Å²) < 4.78 is 37.7. The Morgan fingerprint density at radius 3 is 2.67 bits per heavy atom. The summed E-state index contributed by atoms with van der Waals surface area (Å²) in [7, 11) is -4.44. The number of imidazole rings is 1. The van der Waals surface area contributed by atoms with Gasteiger partial charge in [-0.15, -0.1) is 0 Å². The number of nitrogens with zero attached hydrogens (tertiary/aromatic N) is 4. The molecule has 6 atom stereocenters. The summed E-state index contributed by atoms with van der Waals surface area (Å²) in [5, 5.41) is 16.3. The highest BCUT2D eigenvalue weighted by atomic mass is 31.2. The van der Waals surface area contributed by atoms with E-state index in [-0.39, 0.29) is 5.82 Å². The number of carbonyl (C=O) groups excluding carboxylic acids is 1. The molecule has 4 heterocycles. The molecule has 0 aliphatic carbocycles. The molecule has 1 aromatic carbocycles. The van der Waals surface area contributed by atoms with Crippen molar-refractivity contribution in [2.24, 2.45) is 0 Å². The van der Waals surface area contributed by atoms with Crippen molar-refractivity contribution < 1.29 is 42.9 Å². The Morgan fingerprint density at radius 1 is 1.15 bits per heavy atom. The Morgan fingerprint density at radius 2 is 1.93 bits per heavy atom. The summed E-state index contributed by atoms with van der Waals surface area (Å²) in [6, 6.07) is 8.76. The predicted octanol–water partition coefficient (Wildman–Crippen LogP) is 0.550. The molecular weight excluding hydrogens is 549 g/mol. The van der Waals surface area contributed by atoms with Crippen molar-refractivity contribution in [3.8, 4) is 0 Å². The van der Waals surface area contributed by atoms with E-state index in [2.05, 4.69) is 30.9 Å². The van der Waals surface area contributed by atoms with Gasteiger partial charge in [-0.25, -0.2) is 19.7 Å². The lowest BCUT2D eigenvalue weighted by atomic mass is 10.1. The van der Waals surface area contributed by atoms with Crippen LogP contribution in [0.25, 0.3) is 11.2 Å². The second kappa shape index (κ2) is 11.9. The van der Waals surface area contributed by atoms with Crippen LogP contribution in [0.15, 0.2) is 43.0 Å². The molecule has 0 saturated carbocycles. The number of amides is 2. The molecule has 0 bridgehead atoms. The highest BCUT2D eigenvalue weighted by molar-refractivity contribution is 7.51. The highest BCUT2D eigenvalue weighted by Gasteiger charge is 2.54. The van der Waals surface area contributed by atoms with Gasteiger partial charge in [-0.1, -0.05) is 30.3 Å². The molecule has 2 unspecified atom stereocenters. The number of aromatic nitrogens is 4. The SMILES string of the molecule is CCNC(=O)Nc1ncnc2c1ncn2[C@@H]1O[C@H](COP(=O)([O-])CNCC(=O)O)C2O[C@H](c3ccccc3)O[C@@H]21. The number of anilines is 1. The maximum absolute atomic E-state index is 12.4. The van der Waals surface area contributed by atoms with Crippen LogP contribution in [0.4, 0.5) is 10.6 Å². The molecule has 16 nitrogen and oxygen atoms in total. The number of carbonyl (C=O) groups is 2. The molecule has 4 N–H and O–H groups in total. The lowest BCUT2D eigenvalue weighted by Crippen LogP contribution is -2.33. The maximum Gasteiger partial charge on any atom is 0.320 e. The van der Waals surface area contributed by atoms with E-state index in [1.807, 2.05) is 30.3 Å². The molecule has 214 valence electrons. The van der Waals surface area contributed by atoms with E-state index in [0.29, 0.717) is 17.7 Å².